The molecule has 1 aliphatic rings. The van der Waals surface area contributed by atoms with Crippen LogP contribution in [-0.4, -0.2) is 29.1 Å². The molecule has 2 nitrogen and oxygen atoms in total. The molecule has 1 heterocycles. The maximum absolute atomic E-state index is 2.66. The van der Waals surface area contributed by atoms with Gasteiger partial charge >= 0.3 is 0 Å². The van der Waals surface area contributed by atoms with Crippen LogP contribution in [0.4, 0.5) is 0 Å². The molecule has 1 unspecified atom stereocenters. The summed E-state index contributed by atoms with van der Waals surface area (Å²) < 4.78 is 0. The molecule has 1 atom stereocenters. The van der Waals surface area contributed by atoms with Crippen molar-refractivity contribution in [2.75, 3.05) is 13.1 Å². The Balaban J connectivity index is 2.15. The largest absolute Gasteiger partial charge is 0.356 e. The van der Waals surface area contributed by atoms with Gasteiger partial charge in [0, 0.05) is 25.5 Å². The van der Waals surface area contributed by atoms with E-state index in [1.165, 1.54) is 142 Å². The van der Waals surface area contributed by atoms with E-state index in [0.717, 1.165) is 0 Å². The summed E-state index contributed by atoms with van der Waals surface area (Å²) in [6.07, 6.45) is 33.6. The average molecular weight is 421 g/mol. The lowest BCUT2D eigenvalue weighted by molar-refractivity contribution is 0.135. The van der Waals surface area contributed by atoms with Crippen molar-refractivity contribution in [2.24, 2.45) is 0 Å². The van der Waals surface area contributed by atoms with E-state index in [4.69, 9.17) is 0 Å². The second kappa shape index (κ2) is 20.3. The molecule has 0 aliphatic carbocycles. The zero-order chi connectivity index (χ0) is 21.7. The highest BCUT2D eigenvalue weighted by molar-refractivity contribution is 4.96. The Morgan fingerprint density at radius 1 is 0.433 bits per heavy atom. The van der Waals surface area contributed by atoms with Crippen molar-refractivity contribution in [2.45, 2.75) is 155 Å². The van der Waals surface area contributed by atoms with Gasteiger partial charge in [-0.05, 0) is 25.7 Å². The molecule has 0 radical (unpaired) electrons. The van der Waals surface area contributed by atoms with Gasteiger partial charge in [-0.2, -0.15) is 0 Å². The van der Waals surface area contributed by atoms with Crippen LogP contribution in [0.25, 0.3) is 0 Å². The van der Waals surface area contributed by atoms with E-state index in [9.17, 15) is 0 Å². The molecule has 1 aliphatic heterocycles. The Hall–Kier alpha value is -0.660. The van der Waals surface area contributed by atoms with Gasteiger partial charge in [0.25, 0.3) is 0 Å². The lowest BCUT2D eigenvalue weighted by Gasteiger charge is -2.33. The van der Waals surface area contributed by atoms with Gasteiger partial charge in [0.1, 0.15) is 6.17 Å². The van der Waals surface area contributed by atoms with Crippen molar-refractivity contribution in [1.82, 2.24) is 9.80 Å². The Morgan fingerprint density at radius 3 is 1.17 bits per heavy atom. The van der Waals surface area contributed by atoms with Crippen molar-refractivity contribution >= 4 is 0 Å². The molecule has 1 rings (SSSR count). The lowest BCUT2D eigenvalue weighted by atomic mass is 10.1. The molecular formula is C28H56N2. The van der Waals surface area contributed by atoms with Gasteiger partial charge in [-0.3, -0.25) is 0 Å². The number of rotatable bonds is 22. The van der Waals surface area contributed by atoms with E-state index in [1.807, 2.05) is 0 Å². The summed E-state index contributed by atoms with van der Waals surface area (Å²) in [5.74, 6) is 0. The Morgan fingerprint density at radius 2 is 0.767 bits per heavy atom. The van der Waals surface area contributed by atoms with Crippen LogP contribution in [0.1, 0.15) is 149 Å². The van der Waals surface area contributed by atoms with E-state index in [1.54, 1.807) is 0 Å². The van der Waals surface area contributed by atoms with E-state index in [-0.39, 0.29) is 0 Å². The molecule has 0 aromatic rings. The Bertz CT molecular complexity index is 379. The summed E-state index contributed by atoms with van der Waals surface area (Å²) in [5, 5.41) is 0. The van der Waals surface area contributed by atoms with E-state index >= 15 is 0 Å². The second-order valence-electron chi connectivity index (χ2n) is 9.70. The third kappa shape index (κ3) is 13.6. The highest BCUT2D eigenvalue weighted by atomic mass is 15.4. The van der Waals surface area contributed by atoms with Crippen molar-refractivity contribution in [3.8, 4) is 0 Å². The van der Waals surface area contributed by atoms with E-state index in [0.29, 0.717) is 6.17 Å². The fourth-order valence-electron chi connectivity index (χ4n) is 4.77. The number of unbranched alkanes of at least 4 members (excludes halogenated alkanes) is 16. The summed E-state index contributed by atoms with van der Waals surface area (Å²) in [6.45, 7) is 9.45. The minimum absolute atomic E-state index is 0.644. The fraction of sp³-hybridized carbons (Fsp3) is 0.929. The van der Waals surface area contributed by atoms with Crippen LogP contribution in [0.2, 0.25) is 0 Å². The molecule has 2 heteroatoms. The molecule has 0 amide bonds. The van der Waals surface area contributed by atoms with Gasteiger partial charge in [0.2, 0.25) is 0 Å². The highest BCUT2D eigenvalue weighted by Crippen LogP contribution is 2.23. The van der Waals surface area contributed by atoms with Gasteiger partial charge in [-0.15, -0.1) is 0 Å². The van der Waals surface area contributed by atoms with E-state index < -0.39 is 0 Å². The van der Waals surface area contributed by atoms with Gasteiger partial charge in [0.15, 0.2) is 0 Å². The van der Waals surface area contributed by atoms with Crippen molar-refractivity contribution in [3.63, 3.8) is 0 Å². The molecule has 0 fully saturated rings. The first-order valence-electron chi connectivity index (χ1n) is 14.0. The summed E-state index contributed by atoms with van der Waals surface area (Å²) in [6, 6.07) is 0. The van der Waals surface area contributed by atoms with Gasteiger partial charge in [0.05, 0.1) is 0 Å². The maximum atomic E-state index is 2.66. The zero-order valence-corrected chi connectivity index (χ0v) is 21.2. The van der Waals surface area contributed by atoms with Crippen LogP contribution in [0.3, 0.4) is 0 Å². The summed E-state index contributed by atoms with van der Waals surface area (Å²) >= 11 is 0. The Kier molecular flexibility index (Phi) is 18.5. The quantitative estimate of drug-likeness (QED) is 0.161. The van der Waals surface area contributed by atoms with Crippen LogP contribution < -0.4 is 0 Å². The molecule has 0 bridgehead atoms. The predicted octanol–water partition coefficient (Wildman–Crippen LogP) is 9.26. The number of nitrogens with zero attached hydrogens (tertiary/aromatic N) is 2. The molecule has 0 N–H and O–H groups in total. The summed E-state index contributed by atoms with van der Waals surface area (Å²) in [4.78, 5) is 5.32. The average Bonchev–Trinajstić information content (AvgIpc) is 3.13. The van der Waals surface area contributed by atoms with Crippen LogP contribution in [0.5, 0.6) is 0 Å². The Labute approximate surface area is 190 Å². The predicted molar refractivity (Wildman–Crippen MR) is 136 cm³/mol. The van der Waals surface area contributed by atoms with Crippen molar-refractivity contribution in [3.05, 3.63) is 12.4 Å². The first-order valence-corrected chi connectivity index (χ1v) is 14.0. The van der Waals surface area contributed by atoms with Crippen molar-refractivity contribution in [1.29, 1.82) is 0 Å². The standard InChI is InChI=1S/C28H56N2/c1-4-7-10-12-13-14-15-16-17-19-22-25-30-27-26-29(24-21-18-11-8-5-2)28(30)23-20-9-6-3/h26-28H,4-25H2,1-3H3. The third-order valence-electron chi connectivity index (χ3n) is 6.82. The second-order valence-corrected chi connectivity index (χ2v) is 9.70. The van der Waals surface area contributed by atoms with Crippen molar-refractivity contribution < 1.29 is 0 Å². The number of hydrogen-bond donors (Lipinski definition) is 0. The molecule has 0 saturated carbocycles. The summed E-state index contributed by atoms with van der Waals surface area (Å²) in [5.41, 5.74) is 0. The fourth-order valence-corrected chi connectivity index (χ4v) is 4.77. The molecule has 0 aromatic carbocycles. The molecule has 0 spiro atoms. The maximum Gasteiger partial charge on any atom is 0.101 e. The van der Waals surface area contributed by atoms with E-state index in [2.05, 4.69) is 43.0 Å². The number of hydrogen-bond acceptors (Lipinski definition) is 2. The first kappa shape index (κ1) is 27.4. The molecule has 0 saturated heterocycles. The SMILES string of the molecule is CCCCCCCCCCCCCN1C=CN(CCCCCCC)C1CCCCC. The van der Waals surface area contributed by atoms with Gasteiger partial charge < -0.3 is 9.80 Å². The minimum Gasteiger partial charge on any atom is -0.356 e. The smallest absolute Gasteiger partial charge is 0.101 e. The van der Waals surface area contributed by atoms with Crippen LogP contribution >= 0.6 is 0 Å². The lowest BCUT2D eigenvalue weighted by Crippen LogP contribution is -2.39. The van der Waals surface area contributed by atoms with Crippen LogP contribution in [0, 0.1) is 0 Å². The molecule has 30 heavy (non-hydrogen) atoms. The summed E-state index contributed by atoms with van der Waals surface area (Å²) in [7, 11) is 0. The first-order chi connectivity index (χ1) is 14.8. The molecular weight excluding hydrogens is 364 g/mol. The molecule has 0 aromatic heterocycles. The highest BCUT2D eigenvalue weighted by Gasteiger charge is 2.24. The molecule has 178 valence electrons. The minimum atomic E-state index is 0.644. The van der Waals surface area contributed by atoms with Crippen LogP contribution in [0.15, 0.2) is 12.4 Å². The normalized spacial score (nSPS) is 16.2. The third-order valence-corrected chi connectivity index (χ3v) is 6.82. The monoisotopic (exact) mass is 420 g/mol. The van der Waals surface area contributed by atoms with Crippen LogP contribution in [-0.2, 0) is 0 Å². The van der Waals surface area contributed by atoms with Gasteiger partial charge in [-0.25, -0.2) is 0 Å². The zero-order valence-electron chi connectivity index (χ0n) is 21.2. The van der Waals surface area contributed by atoms with Gasteiger partial charge in [-0.1, -0.05) is 124 Å². The topological polar surface area (TPSA) is 6.48 Å².